The fourth-order valence-electron chi connectivity index (χ4n) is 3.37. The number of carbonyl (C=O) groups excluding carboxylic acids is 2. The van der Waals surface area contributed by atoms with Crippen molar-refractivity contribution in [2.24, 2.45) is 5.73 Å². The lowest BCUT2D eigenvalue weighted by molar-refractivity contribution is -0.209. The Kier molecular flexibility index (Phi) is 5.26. The Morgan fingerprint density at radius 3 is 2.11 bits per heavy atom. The van der Waals surface area contributed by atoms with Gasteiger partial charge in [0.05, 0.1) is 26.5 Å². The summed E-state index contributed by atoms with van der Waals surface area (Å²) in [7, 11) is 5.86. The number of rotatable bonds is 7. The van der Waals surface area contributed by atoms with Gasteiger partial charge in [-0.3, -0.25) is 9.59 Å². The molecule has 2 amide bonds. The van der Waals surface area contributed by atoms with Gasteiger partial charge in [0.15, 0.2) is 0 Å². The van der Waals surface area contributed by atoms with Gasteiger partial charge in [0.1, 0.15) is 11.5 Å². The molecule has 148 valence electrons. The van der Waals surface area contributed by atoms with Crippen LogP contribution in [0.4, 0.5) is 5.69 Å². The minimum atomic E-state index is -1.65. The summed E-state index contributed by atoms with van der Waals surface area (Å²) in [6.07, 6.45) is 0. The highest BCUT2D eigenvalue weighted by Crippen LogP contribution is 2.44. The van der Waals surface area contributed by atoms with Crippen molar-refractivity contribution in [3.63, 3.8) is 0 Å². The summed E-state index contributed by atoms with van der Waals surface area (Å²) in [5, 5.41) is 0. The van der Waals surface area contributed by atoms with Crippen LogP contribution in [0.3, 0.4) is 0 Å². The number of carbonyl (C=O) groups is 2. The van der Waals surface area contributed by atoms with E-state index in [2.05, 4.69) is 0 Å². The Balaban J connectivity index is 2.09. The maximum atomic E-state index is 13.2. The van der Waals surface area contributed by atoms with Crippen molar-refractivity contribution in [2.45, 2.75) is 12.3 Å². The molecule has 2 aromatic rings. The van der Waals surface area contributed by atoms with E-state index in [1.54, 1.807) is 32.4 Å². The molecule has 0 aliphatic carbocycles. The second-order valence-electron chi connectivity index (χ2n) is 6.23. The highest BCUT2D eigenvalue weighted by atomic mass is 16.7. The molecule has 2 aromatic carbocycles. The summed E-state index contributed by atoms with van der Waals surface area (Å²) in [5.74, 6) is -1.45. The number of anilines is 1. The summed E-state index contributed by atoms with van der Waals surface area (Å²) < 4.78 is 21.5. The van der Waals surface area contributed by atoms with Gasteiger partial charge < -0.3 is 29.6 Å². The molecule has 0 saturated heterocycles. The van der Waals surface area contributed by atoms with E-state index in [0.29, 0.717) is 22.7 Å². The van der Waals surface area contributed by atoms with E-state index < -0.39 is 17.6 Å². The molecule has 1 aliphatic heterocycles. The predicted molar refractivity (Wildman–Crippen MR) is 101 cm³/mol. The number of nitrogens with two attached hydrogens (primary N) is 1. The first-order valence-electron chi connectivity index (χ1n) is 8.48. The number of amides is 2. The molecule has 0 fully saturated rings. The summed E-state index contributed by atoms with van der Waals surface area (Å²) in [5.41, 5.74) is 7.43. The van der Waals surface area contributed by atoms with Crippen LogP contribution in [-0.4, -0.2) is 40.3 Å². The molecule has 0 spiro atoms. The van der Waals surface area contributed by atoms with Gasteiger partial charge in [-0.1, -0.05) is 0 Å². The minimum absolute atomic E-state index is 0.226. The fourth-order valence-corrected chi connectivity index (χ4v) is 3.37. The molecule has 0 aromatic heterocycles. The van der Waals surface area contributed by atoms with Gasteiger partial charge in [0.25, 0.3) is 11.7 Å². The third kappa shape index (κ3) is 3.06. The zero-order valence-electron chi connectivity index (χ0n) is 16.1. The number of primary amides is 1. The summed E-state index contributed by atoms with van der Waals surface area (Å²) in [6.45, 7) is 0.226. The highest BCUT2D eigenvalue weighted by Gasteiger charge is 2.52. The molecule has 2 N–H and O–H groups in total. The number of hydrogen-bond acceptors (Lipinski definition) is 6. The molecular weight excluding hydrogens is 364 g/mol. The maximum absolute atomic E-state index is 13.2. The zero-order chi connectivity index (χ0) is 20.5. The number of hydrogen-bond donors (Lipinski definition) is 1. The van der Waals surface area contributed by atoms with Gasteiger partial charge in [-0.2, -0.15) is 0 Å². The van der Waals surface area contributed by atoms with E-state index in [1.807, 2.05) is 12.1 Å². The monoisotopic (exact) mass is 386 g/mol. The van der Waals surface area contributed by atoms with E-state index in [4.69, 9.17) is 24.7 Å². The Hall–Kier alpha value is -3.10. The lowest BCUT2D eigenvalue weighted by Gasteiger charge is -2.25. The van der Waals surface area contributed by atoms with Gasteiger partial charge in [-0.25, -0.2) is 0 Å². The Bertz CT molecular complexity index is 901. The molecular formula is C20H22N2O6. The number of ether oxygens (including phenoxy) is 4. The number of methoxy groups -OCH3 is 4. The van der Waals surface area contributed by atoms with Gasteiger partial charge in [0.2, 0.25) is 5.91 Å². The van der Waals surface area contributed by atoms with Crippen molar-refractivity contribution in [2.75, 3.05) is 33.3 Å². The summed E-state index contributed by atoms with van der Waals surface area (Å²) in [4.78, 5) is 26.4. The lowest BCUT2D eigenvalue weighted by atomic mass is 10.0. The standard InChI is InChI=1S/C20H22N2O6/c1-25-14-7-12(8-15(10-14)26-2)11-22-17-6-5-13(18(21)23)9-16(17)20(27-3,28-4)19(22)24/h5-10H,11H2,1-4H3,(H2,21,23). The van der Waals surface area contributed by atoms with Crippen LogP contribution in [0, 0.1) is 0 Å². The summed E-state index contributed by atoms with van der Waals surface area (Å²) >= 11 is 0. The van der Waals surface area contributed by atoms with Crippen LogP contribution >= 0.6 is 0 Å². The molecule has 0 atom stereocenters. The fraction of sp³-hybridized carbons (Fsp3) is 0.300. The second kappa shape index (κ2) is 7.49. The third-order valence-electron chi connectivity index (χ3n) is 4.78. The first-order chi connectivity index (χ1) is 13.4. The van der Waals surface area contributed by atoms with Gasteiger partial charge in [-0.15, -0.1) is 0 Å². The van der Waals surface area contributed by atoms with E-state index >= 15 is 0 Å². The van der Waals surface area contributed by atoms with Crippen LogP contribution in [0.5, 0.6) is 11.5 Å². The Morgan fingerprint density at radius 1 is 1.00 bits per heavy atom. The molecule has 8 heteroatoms. The quantitative estimate of drug-likeness (QED) is 0.729. The number of benzene rings is 2. The van der Waals surface area contributed by atoms with Crippen molar-refractivity contribution >= 4 is 17.5 Å². The normalized spacial score (nSPS) is 14.7. The number of fused-ring (bicyclic) bond motifs is 1. The van der Waals surface area contributed by atoms with E-state index in [9.17, 15) is 9.59 Å². The largest absolute Gasteiger partial charge is 0.497 e. The molecule has 0 bridgehead atoms. The van der Waals surface area contributed by atoms with Crippen LogP contribution in [0.2, 0.25) is 0 Å². The molecule has 0 radical (unpaired) electrons. The molecule has 1 aliphatic rings. The van der Waals surface area contributed by atoms with Crippen LogP contribution in [-0.2, 0) is 26.6 Å². The Labute approximate surface area is 162 Å². The van der Waals surface area contributed by atoms with E-state index in [1.165, 1.54) is 25.2 Å². The molecule has 28 heavy (non-hydrogen) atoms. The van der Waals surface area contributed by atoms with Crippen LogP contribution in [0.25, 0.3) is 0 Å². The molecule has 0 saturated carbocycles. The molecule has 0 unspecified atom stereocenters. The molecule has 3 rings (SSSR count). The first kappa shape index (κ1) is 19.7. The van der Waals surface area contributed by atoms with Gasteiger partial charge in [-0.05, 0) is 35.9 Å². The zero-order valence-corrected chi connectivity index (χ0v) is 16.1. The van der Waals surface area contributed by atoms with Crippen LogP contribution in [0.1, 0.15) is 21.5 Å². The minimum Gasteiger partial charge on any atom is -0.497 e. The van der Waals surface area contributed by atoms with E-state index in [0.717, 1.165) is 5.56 Å². The molecule has 8 nitrogen and oxygen atoms in total. The van der Waals surface area contributed by atoms with Crippen molar-refractivity contribution in [3.05, 3.63) is 53.1 Å². The van der Waals surface area contributed by atoms with Gasteiger partial charge >= 0.3 is 0 Å². The SMILES string of the molecule is COc1cc(CN2C(=O)C(OC)(OC)c3cc(C(N)=O)ccc32)cc(OC)c1. The van der Waals surface area contributed by atoms with Crippen molar-refractivity contribution in [3.8, 4) is 11.5 Å². The van der Waals surface area contributed by atoms with E-state index in [-0.39, 0.29) is 12.1 Å². The van der Waals surface area contributed by atoms with Crippen molar-refractivity contribution in [1.82, 2.24) is 0 Å². The van der Waals surface area contributed by atoms with Crippen LogP contribution < -0.4 is 20.1 Å². The first-order valence-corrected chi connectivity index (χ1v) is 8.48. The molecule has 1 heterocycles. The Morgan fingerprint density at radius 2 is 1.61 bits per heavy atom. The third-order valence-corrected chi connectivity index (χ3v) is 4.78. The van der Waals surface area contributed by atoms with Gasteiger partial charge in [0, 0.05) is 31.4 Å². The second-order valence-corrected chi connectivity index (χ2v) is 6.23. The predicted octanol–water partition coefficient (Wildman–Crippen LogP) is 1.80. The maximum Gasteiger partial charge on any atom is 0.292 e. The lowest BCUT2D eigenvalue weighted by Crippen LogP contribution is -2.43. The smallest absolute Gasteiger partial charge is 0.292 e. The van der Waals surface area contributed by atoms with Crippen LogP contribution in [0.15, 0.2) is 36.4 Å². The average Bonchev–Trinajstić information content (AvgIpc) is 2.95. The average molecular weight is 386 g/mol. The number of nitrogens with zero attached hydrogens (tertiary/aromatic N) is 1. The topological polar surface area (TPSA) is 100 Å². The van der Waals surface area contributed by atoms with Crippen molar-refractivity contribution in [1.29, 1.82) is 0 Å². The highest BCUT2D eigenvalue weighted by molar-refractivity contribution is 6.07. The van der Waals surface area contributed by atoms with Crippen molar-refractivity contribution < 1.29 is 28.5 Å². The summed E-state index contributed by atoms with van der Waals surface area (Å²) in [6, 6.07) is 10.1.